The maximum absolute atomic E-state index is 5.64. The van der Waals surface area contributed by atoms with E-state index in [2.05, 4.69) is 30.9 Å². The zero-order valence-corrected chi connectivity index (χ0v) is 9.98. The number of hydrogen-bond donors (Lipinski definition) is 1. The maximum atomic E-state index is 5.64. The van der Waals surface area contributed by atoms with Gasteiger partial charge in [0.25, 0.3) is 0 Å². The first-order valence-corrected chi connectivity index (χ1v) is 5.18. The van der Waals surface area contributed by atoms with Crippen molar-refractivity contribution in [1.82, 2.24) is 19.5 Å². The Morgan fingerprint density at radius 3 is 2.60 bits per heavy atom. The standard InChI is InChI=1S/C9H10BrN5/c1-5-6(2)15(4-12-5)9-13-7(10)3-8(11)14-9/h3-4H,1-2H3,(H2,11,13,14). The molecular weight excluding hydrogens is 258 g/mol. The predicted molar refractivity (Wildman–Crippen MR) is 60.7 cm³/mol. The summed E-state index contributed by atoms with van der Waals surface area (Å²) in [7, 11) is 0. The van der Waals surface area contributed by atoms with Crippen molar-refractivity contribution in [3.63, 3.8) is 0 Å². The van der Waals surface area contributed by atoms with E-state index in [0.717, 1.165) is 11.4 Å². The number of anilines is 1. The van der Waals surface area contributed by atoms with E-state index in [1.54, 1.807) is 17.0 Å². The van der Waals surface area contributed by atoms with Crippen LogP contribution in [0, 0.1) is 13.8 Å². The molecule has 78 valence electrons. The van der Waals surface area contributed by atoms with E-state index in [-0.39, 0.29) is 0 Å². The van der Waals surface area contributed by atoms with Gasteiger partial charge in [0.05, 0.1) is 5.69 Å². The molecule has 0 aliphatic carbocycles. The molecule has 2 aromatic rings. The number of hydrogen-bond acceptors (Lipinski definition) is 4. The minimum absolute atomic E-state index is 0.428. The van der Waals surface area contributed by atoms with Crippen molar-refractivity contribution in [3.8, 4) is 5.95 Å². The monoisotopic (exact) mass is 267 g/mol. The Hall–Kier alpha value is -1.43. The van der Waals surface area contributed by atoms with E-state index in [9.17, 15) is 0 Å². The molecule has 15 heavy (non-hydrogen) atoms. The summed E-state index contributed by atoms with van der Waals surface area (Å²) in [4.78, 5) is 12.5. The van der Waals surface area contributed by atoms with Crippen LogP contribution in [0.15, 0.2) is 17.0 Å². The van der Waals surface area contributed by atoms with Crippen molar-refractivity contribution in [2.45, 2.75) is 13.8 Å². The van der Waals surface area contributed by atoms with Gasteiger partial charge >= 0.3 is 0 Å². The van der Waals surface area contributed by atoms with Gasteiger partial charge in [-0.3, -0.25) is 4.57 Å². The minimum Gasteiger partial charge on any atom is -0.383 e. The molecule has 2 aromatic heterocycles. The Labute approximate surface area is 95.5 Å². The summed E-state index contributed by atoms with van der Waals surface area (Å²) in [6.45, 7) is 3.90. The highest BCUT2D eigenvalue weighted by atomic mass is 79.9. The fraction of sp³-hybridized carbons (Fsp3) is 0.222. The van der Waals surface area contributed by atoms with Crippen LogP contribution >= 0.6 is 15.9 Å². The van der Waals surface area contributed by atoms with Crippen LogP contribution < -0.4 is 5.73 Å². The summed E-state index contributed by atoms with van der Waals surface area (Å²) in [6, 6.07) is 1.66. The van der Waals surface area contributed by atoms with Gasteiger partial charge in [0.1, 0.15) is 16.7 Å². The topological polar surface area (TPSA) is 69.6 Å². The average molecular weight is 268 g/mol. The van der Waals surface area contributed by atoms with E-state index < -0.39 is 0 Å². The Bertz CT molecular complexity index is 485. The number of aromatic nitrogens is 4. The molecule has 0 unspecified atom stereocenters. The molecule has 2 N–H and O–H groups in total. The van der Waals surface area contributed by atoms with Crippen LogP contribution in [0.1, 0.15) is 11.4 Å². The zero-order chi connectivity index (χ0) is 11.0. The van der Waals surface area contributed by atoms with Crippen LogP contribution in [-0.2, 0) is 0 Å². The number of imidazole rings is 1. The molecule has 5 nitrogen and oxygen atoms in total. The van der Waals surface area contributed by atoms with Gasteiger partial charge in [0, 0.05) is 11.8 Å². The first-order valence-electron chi connectivity index (χ1n) is 4.39. The van der Waals surface area contributed by atoms with Gasteiger partial charge in [0.2, 0.25) is 5.95 Å². The van der Waals surface area contributed by atoms with Crippen LogP contribution in [0.25, 0.3) is 5.95 Å². The first kappa shape index (κ1) is 10.1. The average Bonchev–Trinajstić information content (AvgIpc) is 2.46. The molecular formula is C9H10BrN5. The molecule has 0 amide bonds. The highest BCUT2D eigenvalue weighted by Gasteiger charge is 2.08. The summed E-state index contributed by atoms with van der Waals surface area (Å²) in [5.74, 6) is 0.956. The molecule has 0 saturated heterocycles. The fourth-order valence-electron chi connectivity index (χ4n) is 1.23. The molecule has 0 aliphatic rings. The molecule has 0 aliphatic heterocycles. The van der Waals surface area contributed by atoms with Gasteiger partial charge in [-0.2, -0.15) is 4.98 Å². The highest BCUT2D eigenvalue weighted by Crippen LogP contribution is 2.14. The highest BCUT2D eigenvalue weighted by molar-refractivity contribution is 9.10. The normalized spacial score (nSPS) is 10.6. The van der Waals surface area contributed by atoms with Gasteiger partial charge < -0.3 is 5.73 Å². The predicted octanol–water partition coefficient (Wildman–Crippen LogP) is 1.62. The number of halogens is 1. The molecule has 0 aromatic carbocycles. The molecule has 0 spiro atoms. The second kappa shape index (κ2) is 3.62. The van der Waals surface area contributed by atoms with Crippen molar-refractivity contribution in [3.05, 3.63) is 28.4 Å². The number of aryl methyl sites for hydroxylation is 1. The lowest BCUT2D eigenvalue weighted by atomic mass is 10.4. The van der Waals surface area contributed by atoms with Crippen LogP contribution in [0.4, 0.5) is 5.82 Å². The van der Waals surface area contributed by atoms with Gasteiger partial charge in [-0.1, -0.05) is 0 Å². The lowest BCUT2D eigenvalue weighted by molar-refractivity contribution is 0.891. The van der Waals surface area contributed by atoms with E-state index >= 15 is 0 Å². The van der Waals surface area contributed by atoms with Gasteiger partial charge in [0.15, 0.2) is 0 Å². The zero-order valence-electron chi connectivity index (χ0n) is 8.40. The van der Waals surface area contributed by atoms with E-state index in [1.807, 2.05) is 13.8 Å². The quantitative estimate of drug-likeness (QED) is 0.798. The van der Waals surface area contributed by atoms with Crippen molar-refractivity contribution < 1.29 is 0 Å². The third-order valence-electron chi connectivity index (χ3n) is 2.17. The number of nitrogen functional groups attached to an aromatic ring is 1. The lowest BCUT2D eigenvalue weighted by Gasteiger charge is -2.04. The molecule has 6 heteroatoms. The summed E-state index contributed by atoms with van der Waals surface area (Å²) in [5, 5.41) is 0. The van der Waals surface area contributed by atoms with Gasteiger partial charge in [-0.05, 0) is 29.8 Å². The van der Waals surface area contributed by atoms with Crippen molar-refractivity contribution in [2.24, 2.45) is 0 Å². The van der Waals surface area contributed by atoms with Gasteiger partial charge in [-0.15, -0.1) is 0 Å². The third-order valence-corrected chi connectivity index (χ3v) is 2.58. The molecule has 0 radical (unpaired) electrons. The van der Waals surface area contributed by atoms with Crippen LogP contribution in [-0.4, -0.2) is 19.5 Å². The SMILES string of the molecule is Cc1ncn(-c2nc(N)cc(Br)n2)c1C. The van der Waals surface area contributed by atoms with Crippen LogP contribution in [0.3, 0.4) is 0 Å². The van der Waals surface area contributed by atoms with E-state index in [4.69, 9.17) is 5.73 Å². The number of nitrogens with two attached hydrogens (primary N) is 1. The molecule has 2 rings (SSSR count). The summed E-state index contributed by atoms with van der Waals surface area (Å²) in [6.07, 6.45) is 1.69. The Morgan fingerprint density at radius 1 is 1.33 bits per heavy atom. The second-order valence-electron chi connectivity index (χ2n) is 3.20. The Morgan fingerprint density at radius 2 is 2.07 bits per heavy atom. The number of nitrogens with zero attached hydrogens (tertiary/aromatic N) is 4. The second-order valence-corrected chi connectivity index (χ2v) is 4.01. The minimum atomic E-state index is 0.428. The van der Waals surface area contributed by atoms with Crippen molar-refractivity contribution in [2.75, 3.05) is 5.73 Å². The largest absolute Gasteiger partial charge is 0.383 e. The van der Waals surface area contributed by atoms with Crippen molar-refractivity contribution >= 4 is 21.7 Å². The van der Waals surface area contributed by atoms with E-state index in [1.165, 1.54) is 0 Å². The fourth-order valence-corrected chi connectivity index (χ4v) is 1.62. The number of rotatable bonds is 1. The molecule has 2 heterocycles. The van der Waals surface area contributed by atoms with Crippen LogP contribution in [0.5, 0.6) is 0 Å². The van der Waals surface area contributed by atoms with Crippen molar-refractivity contribution in [1.29, 1.82) is 0 Å². The molecule has 0 atom stereocenters. The Balaban J connectivity index is 2.58. The smallest absolute Gasteiger partial charge is 0.238 e. The lowest BCUT2D eigenvalue weighted by Crippen LogP contribution is -2.04. The van der Waals surface area contributed by atoms with Gasteiger partial charge in [-0.25, -0.2) is 9.97 Å². The molecule has 0 fully saturated rings. The van der Waals surface area contributed by atoms with E-state index in [0.29, 0.717) is 16.4 Å². The Kier molecular flexibility index (Phi) is 2.44. The summed E-state index contributed by atoms with van der Waals surface area (Å²) >= 11 is 3.28. The summed E-state index contributed by atoms with van der Waals surface area (Å²) in [5.41, 5.74) is 7.60. The molecule has 0 saturated carbocycles. The molecule has 0 bridgehead atoms. The third kappa shape index (κ3) is 1.85. The summed E-state index contributed by atoms with van der Waals surface area (Å²) < 4.78 is 2.46. The maximum Gasteiger partial charge on any atom is 0.238 e. The first-order chi connectivity index (χ1) is 7.08. The van der Waals surface area contributed by atoms with Crippen LogP contribution in [0.2, 0.25) is 0 Å².